The number of rotatable bonds is 7. The van der Waals surface area contributed by atoms with Gasteiger partial charge in [0.05, 0.1) is 24.9 Å². The summed E-state index contributed by atoms with van der Waals surface area (Å²) in [5, 5.41) is 13.6. The summed E-state index contributed by atoms with van der Waals surface area (Å²) < 4.78 is 17.2. The number of methoxy groups -OCH3 is 2. The second-order valence-corrected chi connectivity index (χ2v) is 6.70. The van der Waals surface area contributed by atoms with Crippen LogP contribution < -0.4 is 19.6 Å². The number of phenols is 1. The van der Waals surface area contributed by atoms with E-state index in [9.17, 15) is 9.90 Å². The second kappa shape index (κ2) is 9.44. The minimum atomic E-state index is -0.467. The minimum Gasteiger partial charge on any atom is -0.507 e. The molecule has 0 spiro atoms. The number of phenolic OH excluding ortho intramolecular Hbond substituents is 1. The molecule has 9 heteroatoms. The smallest absolute Gasteiger partial charge is 0.277 e. The van der Waals surface area contributed by atoms with Gasteiger partial charge in [0.25, 0.3) is 5.91 Å². The van der Waals surface area contributed by atoms with Crippen molar-refractivity contribution < 1.29 is 24.1 Å². The van der Waals surface area contributed by atoms with E-state index < -0.39 is 5.91 Å². The van der Waals surface area contributed by atoms with Gasteiger partial charge in [-0.1, -0.05) is 15.9 Å². The fourth-order valence-corrected chi connectivity index (χ4v) is 3.23. The van der Waals surface area contributed by atoms with Gasteiger partial charge in [-0.05, 0) is 40.2 Å². The molecule has 0 aromatic heterocycles. The van der Waals surface area contributed by atoms with Crippen LogP contribution in [0.1, 0.15) is 5.56 Å². The summed E-state index contributed by atoms with van der Waals surface area (Å²) in [4.78, 5) is 11.9. The van der Waals surface area contributed by atoms with Gasteiger partial charge in [0.1, 0.15) is 11.5 Å². The normalized spacial score (nSPS) is 10.6. The first-order chi connectivity index (χ1) is 12.4. The number of carbonyl (C=O) groups is 1. The van der Waals surface area contributed by atoms with Crippen molar-refractivity contribution in [2.75, 3.05) is 20.8 Å². The van der Waals surface area contributed by atoms with Crippen molar-refractivity contribution in [2.45, 2.75) is 0 Å². The third kappa shape index (κ3) is 5.37. The molecule has 2 aromatic rings. The zero-order valence-corrected chi connectivity index (χ0v) is 17.1. The summed E-state index contributed by atoms with van der Waals surface area (Å²) in [6.07, 6.45) is 1.32. The van der Waals surface area contributed by atoms with Crippen LogP contribution in [0, 0.1) is 0 Å². The average molecular weight is 488 g/mol. The van der Waals surface area contributed by atoms with Gasteiger partial charge in [-0.15, -0.1) is 0 Å². The first kappa shape index (κ1) is 20.1. The highest BCUT2D eigenvalue weighted by atomic mass is 79.9. The zero-order valence-electron chi connectivity index (χ0n) is 14.0. The van der Waals surface area contributed by atoms with Crippen molar-refractivity contribution in [3.05, 3.63) is 44.8 Å². The van der Waals surface area contributed by atoms with E-state index in [-0.39, 0.29) is 12.4 Å². The van der Waals surface area contributed by atoms with E-state index in [1.807, 2.05) is 0 Å². The lowest BCUT2D eigenvalue weighted by molar-refractivity contribution is -0.123. The topological polar surface area (TPSA) is 89.4 Å². The summed E-state index contributed by atoms with van der Waals surface area (Å²) >= 11 is 6.70. The number of hydrogen-bond donors (Lipinski definition) is 2. The molecule has 0 saturated heterocycles. The maximum Gasteiger partial charge on any atom is 0.277 e. The largest absolute Gasteiger partial charge is 0.507 e. The van der Waals surface area contributed by atoms with Gasteiger partial charge in [-0.25, -0.2) is 5.43 Å². The van der Waals surface area contributed by atoms with Crippen molar-refractivity contribution in [2.24, 2.45) is 5.10 Å². The van der Waals surface area contributed by atoms with Gasteiger partial charge < -0.3 is 19.3 Å². The summed E-state index contributed by atoms with van der Waals surface area (Å²) in [7, 11) is 3.01. The molecule has 26 heavy (non-hydrogen) atoms. The molecular weight excluding hydrogens is 472 g/mol. The van der Waals surface area contributed by atoms with Crippen molar-refractivity contribution in [3.63, 3.8) is 0 Å². The molecule has 0 fully saturated rings. The number of hydrogen-bond acceptors (Lipinski definition) is 6. The monoisotopic (exact) mass is 486 g/mol. The van der Waals surface area contributed by atoms with Crippen LogP contribution in [-0.2, 0) is 4.79 Å². The van der Waals surface area contributed by atoms with E-state index in [4.69, 9.17) is 14.2 Å². The Morgan fingerprint density at radius 2 is 2.00 bits per heavy atom. The van der Waals surface area contributed by atoms with E-state index in [1.54, 1.807) is 24.3 Å². The van der Waals surface area contributed by atoms with E-state index >= 15 is 0 Å². The summed E-state index contributed by atoms with van der Waals surface area (Å²) in [5.74, 6) is 0.924. The molecule has 0 bridgehead atoms. The number of nitrogens with zero attached hydrogens (tertiary/aromatic N) is 1. The summed E-state index contributed by atoms with van der Waals surface area (Å²) in [6.45, 7) is -0.261. The third-order valence-electron chi connectivity index (χ3n) is 3.17. The molecule has 1 amide bonds. The predicted molar refractivity (Wildman–Crippen MR) is 104 cm³/mol. The number of ether oxygens (including phenoxy) is 3. The van der Waals surface area contributed by atoms with Crippen molar-refractivity contribution in [1.82, 2.24) is 5.43 Å². The van der Waals surface area contributed by atoms with Crippen LogP contribution in [0.5, 0.6) is 23.0 Å². The second-order valence-electron chi connectivity index (χ2n) is 4.93. The average Bonchev–Trinajstić information content (AvgIpc) is 2.61. The molecule has 2 rings (SSSR count). The fraction of sp³-hybridized carbons (Fsp3) is 0.176. The first-order valence-corrected chi connectivity index (χ1v) is 8.88. The summed E-state index contributed by atoms with van der Waals surface area (Å²) in [6, 6.07) is 8.24. The Balaban J connectivity index is 1.94. The van der Waals surface area contributed by atoms with Crippen molar-refractivity contribution in [1.29, 1.82) is 0 Å². The standard InChI is InChI=1S/C17H16Br2N2O5/c1-24-12-4-3-10(14(22)7-12)8-20-21-16(23)9-26-17-13(19)5-11(18)6-15(17)25-2/h3-8,22H,9H2,1-2H3,(H,21,23)/b20-8-. The third-order valence-corrected chi connectivity index (χ3v) is 4.22. The van der Waals surface area contributed by atoms with Gasteiger partial charge in [0.2, 0.25) is 0 Å². The molecule has 0 saturated carbocycles. The highest BCUT2D eigenvalue weighted by Gasteiger charge is 2.12. The summed E-state index contributed by atoms with van der Waals surface area (Å²) in [5.41, 5.74) is 2.76. The van der Waals surface area contributed by atoms with Gasteiger partial charge >= 0.3 is 0 Å². The van der Waals surface area contributed by atoms with Crippen LogP contribution in [0.15, 0.2) is 44.4 Å². The molecule has 0 aliphatic rings. The Hall–Kier alpha value is -2.26. The van der Waals surface area contributed by atoms with Gasteiger partial charge in [0, 0.05) is 16.1 Å². The lowest BCUT2D eigenvalue weighted by Crippen LogP contribution is -2.24. The maximum absolute atomic E-state index is 11.9. The van der Waals surface area contributed by atoms with Crippen LogP contribution >= 0.6 is 31.9 Å². The predicted octanol–water partition coefficient (Wildman–Crippen LogP) is 3.46. The van der Waals surface area contributed by atoms with Gasteiger partial charge in [-0.3, -0.25) is 4.79 Å². The SMILES string of the molecule is COc1ccc(/C=N\NC(=O)COc2c(Br)cc(Br)cc2OC)c(O)c1. The van der Waals surface area contributed by atoms with Crippen LogP contribution in [0.25, 0.3) is 0 Å². The van der Waals surface area contributed by atoms with Crippen LogP contribution in [-0.4, -0.2) is 38.1 Å². The quantitative estimate of drug-likeness (QED) is 0.461. The van der Waals surface area contributed by atoms with Gasteiger partial charge in [-0.2, -0.15) is 5.10 Å². The molecule has 0 aliphatic carbocycles. The fourth-order valence-electron chi connectivity index (χ4n) is 1.93. The molecular formula is C17H16Br2N2O5. The Morgan fingerprint density at radius 1 is 1.23 bits per heavy atom. The van der Waals surface area contributed by atoms with E-state index in [0.717, 1.165) is 4.47 Å². The number of amides is 1. The molecule has 2 N–H and O–H groups in total. The van der Waals surface area contributed by atoms with Crippen LogP contribution in [0.3, 0.4) is 0 Å². The number of aromatic hydroxyl groups is 1. The molecule has 0 heterocycles. The number of nitrogens with one attached hydrogen (secondary N) is 1. The van der Waals surface area contributed by atoms with Crippen molar-refractivity contribution in [3.8, 4) is 23.0 Å². The van der Waals surface area contributed by atoms with Crippen molar-refractivity contribution >= 4 is 44.0 Å². The van der Waals surface area contributed by atoms with E-state index in [0.29, 0.717) is 27.3 Å². The molecule has 2 aromatic carbocycles. The molecule has 0 radical (unpaired) electrons. The molecule has 0 atom stereocenters. The Bertz CT molecular complexity index is 827. The minimum absolute atomic E-state index is 0.0119. The van der Waals surface area contributed by atoms with Crippen LogP contribution in [0.2, 0.25) is 0 Å². The molecule has 0 unspecified atom stereocenters. The van der Waals surface area contributed by atoms with Gasteiger partial charge in [0.15, 0.2) is 18.1 Å². The maximum atomic E-state index is 11.9. The number of benzene rings is 2. The number of carbonyl (C=O) groups excluding carboxylic acids is 1. The highest BCUT2D eigenvalue weighted by molar-refractivity contribution is 9.11. The molecule has 7 nitrogen and oxygen atoms in total. The lowest BCUT2D eigenvalue weighted by Gasteiger charge is -2.12. The molecule has 138 valence electrons. The van der Waals surface area contributed by atoms with E-state index in [1.165, 1.54) is 26.5 Å². The van der Waals surface area contributed by atoms with E-state index in [2.05, 4.69) is 42.4 Å². The van der Waals surface area contributed by atoms with Crippen LogP contribution in [0.4, 0.5) is 0 Å². The molecule has 0 aliphatic heterocycles. The first-order valence-electron chi connectivity index (χ1n) is 7.29. The number of hydrazone groups is 1. The highest BCUT2D eigenvalue weighted by Crippen LogP contribution is 2.38. The Morgan fingerprint density at radius 3 is 2.65 bits per heavy atom. The zero-order chi connectivity index (χ0) is 19.1. The Kier molecular flexibility index (Phi) is 7.28. The lowest BCUT2D eigenvalue weighted by atomic mass is 10.2. The number of halogens is 2. The Labute approximate surface area is 167 Å².